The highest BCUT2D eigenvalue weighted by Gasteiger charge is 2.57. The van der Waals surface area contributed by atoms with Crippen LogP contribution >= 0.6 is 18.9 Å². The third-order valence-electron chi connectivity index (χ3n) is 3.26. The van der Waals surface area contributed by atoms with Gasteiger partial charge in [-0.1, -0.05) is 0 Å². The molecule has 0 aliphatic heterocycles. The lowest BCUT2D eigenvalue weighted by Crippen LogP contribution is -2.18. The minimum absolute atomic E-state index is 0.0571. The summed E-state index contributed by atoms with van der Waals surface area (Å²) in [6.45, 7) is 2.28. The van der Waals surface area contributed by atoms with Crippen molar-refractivity contribution in [3.8, 4) is 6.07 Å². The summed E-state index contributed by atoms with van der Waals surface area (Å²) < 4.78 is 52.2. The van der Waals surface area contributed by atoms with Crippen molar-refractivity contribution in [2.24, 2.45) is 0 Å². The van der Waals surface area contributed by atoms with E-state index in [1.165, 1.54) is 26.0 Å². The van der Waals surface area contributed by atoms with Crippen LogP contribution in [0.2, 0.25) is 0 Å². The zero-order valence-electron chi connectivity index (χ0n) is 13.3. The Hall–Kier alpha value is -1.85. The molecule has 6 nitrogen and oxygen atoms in total. The fraction of sp³-hybridized carbons (Fsp3) is 0.333. The number of alkyl halides is 2. The van der Waals surface area contributed by atoms with Gasteiger partial charge in [0.1, 0.15) is 10.9 Å². The second-order valence-electron chi connectivity index (χ2n) is 4.81. The lowest BCUT2D eigenvalue weighted by molar-refractivity contribution is 0.0390. The molecule has 0 bridgehead atoms. The second kappa shape index (κ2) is 7.18. The molecular weight excluding hydrogens is 375 g/mol. The maximum absolute atomic E-state index is 15.0. The minimum Gasteiger partial charge on any atom is -0.478 e. The van der Waals surface area contributed by atoms with Crippen LogP contribution in [-0.2, 0) is 19.3 Å². The van der Waals surface area contributed by atoms with Gasteiger partial charge in [-0.25, -0.2) is 4.79 Å². The van der Waals surface area contributed by atoms with Gasteiger partial charge >= 0.3 is 19.2 Å². The zero-order valence-corrected chi connectivity index (χ0v) is 15.0. The maximum atomic E-state index is 15.0. The predicted molar refractivity (Wildman–Crippen MR) is 88.3 cm³/mol. The van der Waals surface area contributed by atoms with E-state index in [9.17, 15) is 23.4 Å². The number of fused-ring (bicyclic) bond motifs is 1. The Morgan fingerprint density at radius 3 is 2.44 bits per heavy atom. The van der Waals surface area contributed by atoms with Gasteiger partial charge in [-0.3, -0.25) is 4.57 Å². The first kappa shape index (κ1) is 19.5. The van der Waals surface area contributed by atoms with Crippen LogP contribution in [-0.4, -0.2) is 24.3 Å². The van der Waals surface area contributed by atoms with E-state index in [1.54, 1.807) is 6.07 Å². The zero-order chi connectivity index (χ0) is 18.8. The lowest BCUT2D eigenvalue weighted by Gasteiger charge is -2.25. The Morgan fingerprint density at radius 2 is 1.96 bits per heavy atom. The number of aromatic carboxylic acids is 1. The predicted octanol–water partition coefficient (Wildman–Crippen LogP) is 4.79. The van der Waals surface area contributed by atoms with Crippen molar-refractivity contribution in [2.75, 3.05) is 13.2 Å². The average Bonchev–Trinajstić information content (AvgIpc) is 2.93. The van der Waals surface area contributed by atoms with E-state index in [2.05, 4.69) is 0 Å². The van der Waals surface area contributed by atoms with E-state index >= 15 is 0 Å². The monoisotopic (exact) mass is 389 g/mol. The van der Waals surface area contributed by atoms with Crippen molar-refractivity contribution >= 4 is 35.0 Å². The third kappa shape index (κ3) is 3.31. The van der Waals surface area contributed by atoms with Gasteiger partial charge in [-0.15, -0.1) is 11.3 Å². The number of hydrogen-bond donors (Lipinski definition) is 1. The third-order valence-corrected chi connectivity index (χ3v) is 6.76. The molecule has 0 atom stereocenters. The van der Waals surface area contributed by atoms with Crippen LogP contribution in [0.3, 0.4) is 0 Å². The Balaban J connectivity index is 2.72. The summed E-state index contributed by atoms with van der Waals surface area (Å²) in [5, 5.41) is 18.4. The molecule has 2 rings (SSSR count). The van der Waals surface area contributed by atoms with Crippen molar-refractivity contribution in [1.82, 2.24) is 0 Å². The van der Waals surface area contributed by atoms with Crippen molar-refractivity contribution in [1.29, 1.82) is 5.26 Å². The second-order valence-corrected chi connectivity index (χ2v) is 7.93. The summed E-state index contributed by atoms with van der Waals surface area (Å²) in [7, 11) is -4.86. The first-order valence-corrected chi connectivity index (χ1v) is 9.55. The Morgan fingerprint density at radius 1 is 1.36 bits per heavy atom. The van der Waals surface area contributed by atoms with Crippen molar-refractivity contribution in [3.05, 3.63) is 34.2 Å². The molecule has 25 heavy (non-hydrogen) atoms. The summed E-state index contributed by atoms with van der Waals surface area (Å²) in [6.07, 6.45) is 0. The molecule has 1 aromatic carbocycles. The van der Waals surface area contributed by atoms with Crippen LogP contribution in [0, 0.1) is 11.3 Å². The van der Waals surface area contributed by atoms with Gasteiger partial charge in [-0.2, -0.15) is 14.0 Å². The number of hydrogen-bond acceptors (Lipinski definition) is 6. The normalized spacial score (nSPS) is 12.3. The highest BCUT2D eigenvalue weighted by Crippen LogP contribution is 2.68. The van der Waals surface area contributed by atoms with Gasteiger partial charge in [-0.05, 0) is 32.0 Å². The molecule has 1 heterocycles. The van der Waals surface area contributed by atoms with E-state index < -0.39 is 29.7 Å². The molecular formula is C15H14F2NO5PS. The molecule has 0 spiro atoms. The Labute approximate surface area is 146 Å². The summed E-state index contributed by atoms with van der Waals surface area (Å²) in [4.78, 5) is 10.3. The number of carbonyl (C=O) groups is 1. The number of thiophene rings is 1. The SMILES string of the molecule is CCOP(=O)(OCC)C(F)(F)c1sc2ccc(C(=O)O)cc2c1C#N. The fourth-order valence-electron chi connectivity index (χ4n) is 2.22. The van der Waals surface area contributed by atoms with E-state index in [0.717, 1.165) is 6.07 Å². The quantitative estimate of drug-likeness (QED) is 0.684. The highest BCUT2D eigenvalue weighted by atomic mass is 32.1. The van der Waals surface area contributed by atoms with Crippen LogP contribution in [0.1, 0.15) is 34.6 Å². The largest absolute Gasteiger partial charge is 0.478 e. The van der Waals surface area contributed by atoms with Crippen LogP contribution in [0.5, 0.6) is 0 Å². The number of benzene rings is 1. The van der Waals surface area contributed by atoms with Gasteiger partial charge in [0.05, 0.1) is 24.3 Å². The molecule has 0 radical (unpaired) electrons. The molecule has 2 aromatic rings. The van der Waals surface area contributed by atoms with Crippen LogP contribution in [0.15, 0.2) is 18.2 Å². The molecule has 0 aliphatic rings. The van der Waals surface area contributed by atoms with Gasteiger partial charge < -0.3 is 14.2 Å². The van der Waals surface area contributed by atoms with Gasteiger partial charge in [0.25, 0.3) is 0 Å². The van der Waals surface area contributed by atoms with Crippen LogP contribution in [0.25, 0.3) is 10.1 Å². The summed E-state index contributed by atoms with van der Waals surface area (Å²) in [5.41, 5.74) is -4.63. The highest BCUT2D eigenvalue weighted by molar-refractivity contribution is 7.55. The van der Waals surface area contributed by atoms with E-state index in [-0.39, 0.29) is 28.9 Å². The molecule has 10 heteroatoms. The van der Waals surface area contributed by atoms with Gasteiger partial charge in [0.2, 0.25) is 0 Å². The summed E-state index contributed by atoms with van der Waals surface area (Å²) in [6, 6.07) is 5.36. The Bertz CT molecular complexity index is 895. The topological polar surface area (TPSA) is 96.6 Å². The standard InChI is InChI=1S/C15H14F2NO5PS/c1-3-22-24(21,23-4-2)15(16,17)13-11(8-18)10-7-9(14(19)20)5-6-12(10)25-13/h5-7H,3-4H2,1-2H3,(H,19,20). The first-order chi connectivity index (χ1) is 11.7. The molecule has 0 amide bonds. The maximum Gasteiger partial charge on any atom is 0.405 e. The first-order valence-electron chi connectivity index (χ1n) is 7.19. The number of halogens is 2. The molecule has 1 N–H and O–H groups in total. The molecule has 0 aliphatic carbocycles. The number of nitriles is 1. The average molecular weight is 389 g/mol. The number of carboxylic acid groups (broad SMARTS) is 1. The van der Waals surface area contributed by atoms with Gasteiger partial charge in [0, 0.05) is 10.1 Å². The molecule has 1 aromatic heterocycles. The Kier molecular flexibility index (Phi) is 5.59. The van der Waals surface area contributed by atoms with E-state index in [4.69, 9.17) is 14.2 Å². The van der Waals surface area contributed by atoms with Crippen molar-refractivity contribution in [3.63, 3.8) is 0 Å². The molecule has 0 saturated carbocycles. The van der Waals surface area contributed by atoms with E-state index in [0.29, 0.717) is 11.3 Å². The van der Waals surface area contributed by atoms with Gasteiger partial charge in [0.15, 0.2) is 0 Å². The molecule has 0 fully saturated rings. The van der Waals surface area contributed by atoms with E-state index in [1.807, 2.05) is 0 Å². The molecule has 134 valence electrons. The minimum atomic E-state index is -4.86. The summed E-state index contributed by atoms with van der Waals surface area (Å²) in [5.74, 6) is -1.25. The number of rotatable bonds is 7. The molecule has 0 saturated heterocycles. The number of nitrogens with zero attached hydrogens (tertiary/aromatic N) is 1. The van der Waals surface area contributed by atoms with Crippen LogP contribution in [0.4, 0.5) is 8.78 Å². The summed E-state index contributed by atoms with van der Waals surface area (Å²) >= 11 is 0.557. The van der Waals surface area contributed by atoms with Crippen molar-refractivity contribution < 1.29 is 32.3 Å². The fourth-order valence-corrected chi connectivity index (χ4v) is 5.14. The molecule has 0 unspecified atom stereocenters. The van der Waals surface area contributed by atoms with Crippen molar-refractivity contribution in [2.45, 2.75) is 19.5 Å². The number of carboxylic acids is 1. The smallest absolute Gasteiger partial charge is 0.405 e. The lowest BCUT2D eigenvalue weighted by atomic mass is 10.1. The van der Waals surface area contributed by atoms with Crippen LogP contribution < -0.4 is 0 Å².